The number of thiocarbonyl (C=S) groups is 1. The van der Waals surface area contributed by atoms with Crippen LogP contribution in [0.25, 0.3) is 0 Å². The molecule has 0 saturated carbocycles. The lowest BCUT2D eigenvalue weighted by molar-refractivity contribution is -0.384. The lowest BCUT2D eigenvalue weighted by Crippen LogP contribution is -2.24. The van der Waals surface area contributed by atoms with Crippen molar-refractivity contribution in [2.45, 2.75) is 9.92 Å². The van der Waals surface area contributed by atoms with E-state index in [4.69, 9.17) is 16.2 Å². The van der Waals surface area contributed by atoms with Gasteiger partial charge in [0.1, 0.15) is 17.0 Å². The van der Waals surface area contributed by atoms with E-state index in [0.29, 0.717) is 15.5 Å². The summed E-state index contributed by atoms with van der Waals surface area (Å²) >= 11 is 5.84. The van der Waals surface area contributed by atoms with Crippen molar-refractivity contribution in [3.63, 3.8) is 0 Å². The Morgan fingerprint density at radius 2 is 2.28 bits per heavy atom. The van der Waals surface area contributed by atoms with Crippen molar-refractivity contribution in [1.82, 2.24) is 15.4 Å². The van der Waals surface area contributed by atoms with E-state index >= 15 is 0 Å². The van der Waals surface area contributed by atoms with Gasteiger partial charge in [0.15, 0.2) is 5.11 Å². The Kier molecular flexibility index (Phi) is 6.03. The van der Waals surface area contributed by atoms with E-state index < -0.39 is 4.92 Å². The topological polar surface area (TPSA) is 155 Å². The predicted molar refractivity (Wildman–Crippen MR) is 97.7 cm³/mol. The first-order chi connectivity index (χ1) is 11.9. The van der Waals surface area contributed by atoms with Gasteiger partial charge in [0, 0.05) is 22.6 Å². The largest absolute Gasteiger partial charge is 0.479 e. The van der Waals surface area contributed by atoms with Gasteiger partial charge in [-0.05, 0) is 18.3 Å². The lowest BCUT2D eigenvalue weighted by Gasteiger charge is -2.09. The first-order valence-corrected chi connectivity index (χ1v) is 7.84. The van der Waals surface area contributed by atoms with Gasteiger partial charge in [-0.1, -0.05) is 11.8 Å². The number of hydrogen-bond donors (Lipinski definition) is 3. The van der Waals surface area contributed by atoms with Crippen molar-refractivity contribution in [3.05, 3.63) is 40.2 Å². The molecule has 0 aliphatic carbocycles. The number of nitrogens with one attached hydrogen (secondary N) is 1. The fourth-order valence-electron chi connectivity index (χ4n) is 1.72. The van der Waals surface area contributed by atoms with Crippen LogP contribution in [0.2, 0.25) is 0 Å². The minimum Gasteiger partial charge on any atom is -0.479 e. The second-order valence-electron chi connectivity index (χ2n) is 4.42. The van der Waals surface area contributed by atoms with Gasteiger partial charge in [0.05, 0.1) is 18.2 Å². The van der Waals surface area contributed by atoms with Crippen molar-refractivity contribution in [1.29, 1.82) is 0 Å². The van der Waals surface area contributed by atoms with Crippen molar-refractivity contribution in [2.24, 2.45) is 10.8 Å². The molecule has 10 nitrogen and oxygen atoms in total. The highest BCUT2D eigenvalue weighted by atomic mass is 32.2. The number of benzene rings is 1. The normalized spacial score (nSPS) is 10.6. The number of nitro groups is 1. The van der Waals surface area contributed by atoms with E-state index in [1.54, 1.807) is 6.07 Å². The molecular formula is C13H13N7O3S2. The molecule has 5 N–H and O–H groups in total. The number of hydrazone groups is 1. The zero-order valence-corrected chi connectivity index (χ0v) is 14.5. The maximum Gasteiger partial charge on any atom is 0.270 e. The maximum atomic E-state index is 11.0. The average Bonchev–Trinajstić information content (AvgIpc) is 2.57. The van der Waals surface area contributed by atoms with Crippen LogP contribution in [0.4, 0.5) is 11.4 Å². The fraction of sp³-hybridized carbons (Fsp3) is 0.0769. The number of non-ortho nitro benzene ring substituents is 1. The SMILES string of the molecule is COc1ncnc(Sc2ccc([N+](=O)[O-])cc2/C=N/NC(N)=S)c1N. The smallest absolute Gasteiger partial charge is 0.270 e. The number of nitrogens with two attached hydrogens (primary N) is 2. The van der Waals surface area contributed by atoms with Gasteiger partial charge < -0.3 is 16.2 Å². The molecule has 25 heavy (non-hydrogen) atoms. The molecule has 130 valence electrons. The summed E-state index contributed by atoms with van der Waals surface area (Å²) in [5.74, 6) is 0.241. The van der Waals surface area contributed by atoms with Crippen LogP contribution in [0, 0.1) is 10.1 Å². The summed E-state index contributed by atoms with van der Waals surface area (Å²) in [6, 6.07) is 4.30. The molecule has 0 aliphatic rings. The van der Waals surface area contributed by atoms with E-state index in [9.17, 15) is 10.1 Å². The predicted octanol–water partition coefficient (Wildman–Crippen LogP) is 1.29. The van der Waals surface area contributed by atoms with Crippen LogP contribution >= 0.6 is 24.0 Å². The molecule has 0 spiro atoms. The van der Waals surface area contributed by atoms with Gasteiger partial charge in [0.25, 0.3) is 5.69 Å². The van der Waals surface area contributed by atoms with Crippen LogP contribution in [0.5, 0.6) is 5.88 Å². The van der Waals surface area contributed by atoms with E-state index in [1.165, 1.54) is 43.5 Å². The molecule has 0 fully saturated rings. The van der Waals surface area contributed by atoms with Gasteiger partial charge in [-0.3, -0.25) is 15.5 Å². The number of anilines is 1. The van der Waals surface area contributed by atoms with Crippen molar-refractivity contribution < 1.29 is 9.66 Å². The Labute approximate surface area is 151 Å². The van der Waals surface area contributed by atoms with Crippen molar-refractivity contribution in [3.8, 4) is 5.88 Å². The quantitative estimate of drug-likeness (QED) is 0.220. The molecular weight excluding hydrogens is 366 g/mol. The minimum absolute atomic E-state index is 0.0272. The molecule has 2 rings (SSSR count). The molecule has 1 aromatic heterocycles. The Morgan fingerprint density at radius 3 is 2.92 bits per heavy atom. The molecule has 1 aromatic carbocycles. The summed E-state index contributed by atoms with van der Waals surface area (Å²) in [6.07, 6.45) is 2.67. The zero-order chi connectivity index (χ0) is 18.4. The van der Waals surface area contributed by atoms with Crippen LogP contribution in [0.3, 0.4) is 0 Å². The Morgan fingerprint density at radius 1 is 1.52 bits per heavy atom. The first kappa shape index (κ1) is 18.4. The molecule has 0 saturated heterocycles. The number of rotatable bonds is 6. The van der Waals surface area contributed by atoms with E-state index in [1.807, 2.05) is 0 Å². The number of nitrogens with zero attached hydrogens (tertiary/aromatic N) is 4. The highest BCUT2D eigenvalue weighted by molar-refractivity contribution is 7.99. The summed E-state index contributed by atoms with van der Waals surface area (Å²) in [6.45, 7) is 0. The third-order valence-corrected chi connectivity index (χ3v) is 4.00. The monoisotopic (exact) mass is 379 g/mol. The molecule has 0 radical (unpaired) electrons. The Hall–Kier alpha value is -2.99. The van der Waals surface area contributed by atoms with Crippen LogP contribution in [-0.2, 0) is 0 Å². The third kappa shape index (κ3) is 4.74. The number of nitrogen functional groups attached to an aromatic ring is 1. The molecule has 12 heteroatoms. The molecule has 0 aliphatic heterocycles. The summed E-state index contributed by atoms with van der Waals surface area (Å²) in [4.78, 5) is 19.1. The van der Waals surface area contributed by atoms with Crippen LogP contribution in [0.15, 0.2) is 39.5 Å². The van der Waals surface area contributed by atoms with E-state index in [0.717, 1.165) is 0 Å². The maximum absolute atomic E-state index is 11.0. The summed E-state index contributed by atoms with van der Waals surface area (Å²) in [7, 11) is 1.44. The number of ether oxygens (including phenoxy) is 1. The molecule has 0 bridgehead atoms. The second kappa shape index (κ2) is 8.21. The lowest BCUT2D eigenvalue weighted by atomic mass is 10.2. The van der Waals surface area contributed by atoms with Gasteiger partial charge in [0.2, 0.25) is 5.88 Å². The molecule has 0 amide bonds. The average molecular weight is 379 g/mol. The van der Waals surface area contributed by atoms with Gasteiger partial charge in [-0.2, -0.15) is 10.1 Å². The number of nitro benzene ring substituents is 1. The third-order valence-electron chi connectivity index (χ3n) is 2.79. The zero-order valence-electron chi connectivity index (χ0n) is 12.9. The Balaban J connectivity index is 2.40. The summed E-state index contributed by atoms with van der Waals surface area (Å²) < 4.78 is 5.05. The Bertz CT molecular complexity index is 844. The number of aromatic nitrogens is 2. The van der Waals surface area contributed by atoms with Crippen molar-refractivity contribution in [2.75, 3.05) is 12.8 Å². The number of hydrogen-bond acceptors (Lipinski definition) is 9. The molecule has 1 heterocycles. The molecule has 0 unspecified atom stereocenters. The highest BCUT2D eigenvalue weighted by Gasteiger charge is 2.15. The van der Waals surface area contributed by atoms with Crippen molar-refractivity contribution >= 4 is 46.7 Å². The van der Waals surface area contributed by atoms with Gasteiger partial charge in [-0.25, -0.2) is 4.98 Å². The van der Waals surface area contributed by atoms with Crippen LogP contribution in [-0.4, -0.2) is 33.3 Å². The minimum atomic E-state index is -0.505. The molecule has 2 aromatic rings. The second-order valence-corrected chi connectivity index (χ2v) is 5.89. The van der Waals surface area contributed by atoms with Crippen LogP contribution in [0.1, 0.15) is 5.56 Å². The number of methoxy groups -OCH3 is 1. The van der Waals surface area contributed by atoms with Gasteiger partial charge >= 0.3 is 0 Å². The fourth-order valence-corrected chi connectivity index (χ4v) is 2.64. The van der Waals surface area contributed by atoms with Crippen LogP contribution < -0.4 is 21.6 Å². The highest BCUT2D eigenvalue weighted by Crippen LogP contribution is 2.36. The first-order valence-electron chi connectivity index (χ1n) is 6.61. The van der Waals surface area contributed by atoms with E-state index in [-0.39, 0.29) is 22.4 Å². The summed E-state index contributed by atoms with van der Waals surface area (Å²) in [5.41, 5.74) is 14.3. The van der Waals surface area contributed by atoms with E-state index in [2.05, 4.69) is 32.7 Å². The molecule has 0 atom stereocenters. The van der Waals surface area contributed by atoms with Gasteiger partial charge in [-0.15, -0.1) is 0 Å². The summed E-state index contributed by atoms with van der Waals surface area (Å²) in [5, 5.41) is 15.2. The standard InChI is InChI=1S/C13H13N7O3S2/c1-23-11-10(14)12(17-6-16-11)25-9-3-2-8(20(21)22)4-7(9)5-18-19-13(15)24/h2-6H,14H2,1H3,(H3,15,19,24)/b18-5+.